The van der Waals surface area contributed by atoms with Gasteiger partial charge < -0.3 is 10.1 Å². The number of anilines is 2. The first kappa shape index (κ1) is 14.9. The summed E-state index contributed by atoms with van der Waals surface area (Å²) in [6, 6.07) is 14.7. The number of ether oxygens (including phenoxy) is 1. The summed E-state index contributed by atoms with van der Waals surface area (Å²) in [4.78, 5) is 4.46. The number of aryl methyl sites for hydroxylation is 2. The Balaban J connectivity index is 1.71. The largest absolute Gasteiger partial charge is 0.497 e. The van der Waals surface area contributed by atoms with Crippen molar-refractivity contribution in [2.45, 2.75) is 19.3 Å². The number of guanidine groups is 1. The number of hydrazine groups is 1. The second-order valence-electron chi connectivity index (χ2n) is 6.11. The minimum absolute atomic E-state index is 0.804. The van der Waals surface area contributed by atoms with Gasteiger partial charge in [0.15, 0.2) is 0 Å². The monoisotopic (exact) mass is 322 g/mol. The van der Waals surface area contributed by atoms with Crippen LogP contribution >= 0.6 is 0 Å². The Morgan fingerprint density at radius 2 is 1.96 bits per heavy atom. The fourth-order valence-electron chi connectivity index (χ4n) is 3.30. The lowest BCUT2D eigenvalue weighted by atomic mass is 10.1. The van der Waals surface area contributed by atoms with Crippen molar-refractivity contribution in [2.75, 3.05) is 25.2 Å². The standard InChI is InChI=1S/C19H22N4O/c1-24-18-7-3-6-16(13-18)23(22-19-20-10-11-21-19)17-9-8-14-4-2-5-15(14)12-17/h3,6-9,12-13H,2,4-5,10-11H2,1H3,(H2,20,21,22). The van der Waals surface area contributed by atoms with Gasteiger partial charge in [0.25, 0.3) is 0 Å². The van der Waals surface area contributed by atoms with Crippen LogP contribution in [0.4, 0.5) is 11.4 Å². The van der Waals surface area contributed by atoms with Crippen LogP contribution in [-0.4, -0.2) is 26.2 Å². The Hall–Kier alpha value is -2.69. The van der Waals surface area contributed by atoms with Gasteiger partial charge in [-0.25, -0.2) is 0 Å². The molecule has 4 rings (SSSR count). The van der Waals surface area contributed by atoms with E-state index in [2.05, 4.69) is 45.0 Å². The molecule has 5 nitrogen and oxygen atoms in total. The van der Waals surface area contributed by atoms with Gasteiger partial charge in [-0.2, -0.15) is 0 Å². The van der Waals surface area contributed by atoms with Crippen molar-refractivity contribution in [3.05, 3.63) is 53.6 Å². The highest BCUT2D eigenvalue weighted by atomic mass is 16.5. The van der Waals surface area contributed by atoms with Gasteiger partial charge in [0.05, 0.1) is 25.0 Å². The van der Waals surface area contributed by atoms with Crippen LogP contribution in [0.15, 0.2) is 47.5 Å². The number of hydrogen-bond donors (Lipinski definition) is 2. The van der Waals surface area contributed by atoms with Crippen molar-refractivity contribution in [3.63, 3.8) is 0 Å². The summed E-state index contributed by atoms with van der Waals surface area (Å²) in [5, 5.41) is 5.34. The van der Waals surface area contributed by atoms with Gasteiger partial charge >= 0.3 is 0 Å². The Bertz CT molecular complexity index is 772. The van der Waals surface area contributed by atoms with Gasteiger partial charge in [0.1, 0.15) is 5.75 Å². The molecule has 0 fully saturated rings. The molecule has 5 heteroatoms. The molecule has 124 valence electrons. The number of rotatable bonds is 4. The van der Waals surface area contributed by atoms with E-state index < -0.39 is 0 Å². The molecule has 0 unspecified atom stereocenters. The molecular formula is C19H22N4O. The number of nitrogens with zero attached hydrogens (tertiary/aromatic N) is 2. The van der Waals surface area contributed by atoms with E-state index in [1.165, 1.54) is 24.0 Å². The van der Waals surface area contributed by atoms with Crippen molar-refractivity contribution in [2.24, 2.45) is 4.99 Å². The molecule has 0 atom stereocenters. The van der Waals surface area contributed by atoms with E-state index in [-0.39, 0.29) is 0 Å². The lowest BCUT2D eigenvalue weighted by Gasteiger charge is -2.27. The molecule has 0 radical (unpaired) electrons. The first-order chi connectivity index (χ1) is 11.8. The Labute approximate surface area is 142 Å². The Morgan fingerprint density at radius 3 is 2.79 bits per heavy atom. The average molecular weight is 322 g/mol. The third-order valence-electron chi connectivity index (χ3n) is 4.54. The van der Waals surface area contributed by atoms with Gasteiger partial charge in [0.2, 0.25) is 5.96 Å². The molecule has 1 aliphatic heterocycles. The lowest BCUT2D eigenvalue weighted by molar-refractivity contribution is 0.415. The van der Waals surface area contributed by atoms with Crippen LogP contribution in [0, 0.1) is 0 Å². The number of aliphatic imine (C=N–C) groups is 1. The number of hydrogen-bond acceptors (Lipinski definition) is 5. The number of nitrogens with one attached hydrogen (secondary N) is 2. The average Bonchev–Trinajstić information content (AvgIpc) is 3.30. The molecule has 0 amide bonds. The van der Waals surface area contributed by atoms with Crippen molar-refractivity contribution in [1.82, 2.24) is 10.7 Å². The maximum absolute atomic E-state index is 5.38. The van der Waals surface area contributed by atoms with E-state index in [1.54, 1.807) is 7.11 Å². The van der Waals surface area contributed by atoms with Crippen molar-refractivity contribution >= 4 is 17.3 Å². The molecule has 0 saturated heterocycles. The fraction of sp³-hybridized carbons (Fsp3) is 0.316. The number of fused-ring (bicyclic) bond motifs is 1. The quantitative estimate of drug-likeness (QED) is 0.850. The molecule has 2 aliphatic rings. The van der Waals surface area contributed by atoms with Crippen molar-refractivity contribution in [1.29, 1.82) is 0 Å². The topological polar surface area (TPSA) is 48.9 Å². The lowest BCUT2D eigenvalue weighted by Crippen LogP contribution is -2.44. The summed E-state index contributed by atoms with van der Waals surface area (Å²) in [5.41, 5.74) is 8.46. The predicted octanol–water partition coefficient (Wildman–Crippen LogP) is 2.79. The van der Waals surface area contributed by atoms with Crippen molar-refractivity contribution < 1.29 is 4.74 Å². The van der Waals surface area contributed by atoms with Gasteiger partial charge in [-0.15, -0.1) is 0 Å². The molecule has 2 aromatic rings. The van der Waals surface area contributed by atoms with Gasteiger partial charge in [-0.3, -0.25) is 15.4 Å². The SMILES string of the molecule is COc1cccc(N(NC2=NCCN2)c2ccc3c(c2)CCC3)c1. The number of benzene rings is 2. The highest BCUT2D eigenvalue weighted by molar-refractivity contribution is 5.85. The van der Waals surface area contributed by atoms with Crippen LogP contribution in [0.1, 0.15) is 17.5 Å². The molecule has 2 N–H and O–H groups in total. The van der Waals surface area contributed by atoms with Crippen LogP contribution < -0.4 is 20.5 Å². The molecule has 1 aliphatic carbocycles. The summed E-state index contributed by atoms with van der Waals surface area (Å²) < 4.78 is 5.38. The first-order valence-electron chi connectivity index (χ1n) is 8.44. The highest BCUT2D eigenvalue weighted by Crippen LogP contribution is 2.31. The smallest absolute Gasteiger partial charge is 0.210 e. The number of methoxy groups -OCH3 is 1. The first-order valence-corrected chi connectivity index (χ1v) is 8.44. The maximum Gasteiger partial charge on any atom is 0.210 e. The van der Waals surface area contributed by atoms with E-state index in [0.717, 1.165) is 42.6 Å². The van der Waals surface area contributed by atoms with E-state index in [9.17, 15) is 0 Å². The van der Waals surface area contributed by atoms with Crippen molar-refractivity contribution in [3.8, 4) is 5.75 Å². The molecule has 2 aromatic carbocycles. The third kappa shape index (κ3) is 2.89. The summed E-state index contributed by atoms with van der Waals surface area (Å²) in [6.07, 6.45) is 3.60. The molecule has 0 spiro atoms. The zero-order chi connectivity index (χ0) is 16.4. The maximum atomic E-state index is 5.38. The van der Waals surface area contributed by atoms with E-state index in [4.69, 9.17) is 4.74 Å². The van der Waals surface area contributed by atoms with Gasteiger partial charge in [-0.05, 0) is 54.7 Å². The Morgan fingerprint density at radius 1 is 1.08 bits per heavy atom. The molecule has 24 heavy (non-hydrogen) atoms. The zero-order valence-electron chi connectivity index (χ0n) is 13.9. The molecular weight excluding hydrogens is 300 g/mol. The molecule has 0 saturated carbocycles. The minimum Gasteiger partial charge on any atom is -0.497 e. The van der Waals surface area contributed by atoms with Crippen LogP contribution in [0.3, 0.4) is 0 Å². The van der Waals surface area contributed by atoms with E-state index in [0.29, 0.717) is 0 Å². The van der Waals surface area contributed by atoms with Gasteiger partial charge in [-0.1, -0.05) is 12.1 Å². The summed E-state index contributed by atoms with van der Waals surface area (Å²) in [5.74, 6) is 1.64. The molecule has 0 aromatic heterocycles. The summed E-state index contributed by atoms with van der Waals surface area (Å²) in [7, 11) is 1.69. The third-order valence-corrected chi connectivity index (χ3v) is 4.54. The van der Waals surface area contributed by atoms with Gasteiger partial charge in [0, 0.05) is 12.6 Å². The van der Waals surface area contributed by atoms with Crippen LogP contribution in [0.2, 0.25) is 0 Å². The van der Waals surface area contributed by atoms with E-state index >= 15 is 0 Å². The minimum atomic E-state index is 0.804. The highest BCUT2D eigenvalue weighted by Gasteiger charge is 2.17. The van der Waals surface area contributed by atoms with Crippen LogP contribution in [-0.2, 0) is 12.8 Å². The Kier molecular flexibility index (Phi) is 3.99. The fourth-order valence-corrected chi connectivity index (χ4v) is 3.30. The summed E-state index contributed by atoms with van der Waals surface area (Å²) in [6.45, 7) is 1.68. The van der Waals surface area contributed by atoms with Crippen LogP contribution in [0.25, 0.3) is 0 Å². The molecule has 0 bridgehead atoms. The normalized spacial score (nSPS) is 15.5. The second kappa shape index (κ2) is 6.43. The predicted molar refractivity (Wildman–Crippen MR) is 97.0 cm³/mol. The molecule has 1 heterocycles. The second-order valence-corrected chi connectivity index (χ2v) is 6.11. The van der Waals surface area contributed by atoms with Crippen LogP contribution in [0.5, 0.6) is 5.75 Å². The zero-order valence-corrected chi connectivity index (χ0v) is 13.9. The summed E-state index contributed by atoms with van der Waals surface area (Å²) >= 11 is 0. The van der Waals surface area contributed by atoms with E-state index in [1.807, 2.05) is 18.2 Å².